The zero-order valence-corrected chi connectivity index (χ0v) is 14.7. The lowest BCUT2D eigenvalue weighted by Gasteiger charge is -2.36. The molecule has 7 heteroatoms. The highest BCUT2D eigenvalue weighted by atomic mass is 16.2. The van der Waals surface area contributed by atoms with Crippen LogP contribution in [0.1, 0.15) is 10.4 Å². The van der Waals surface area contributed by atoms with E-state index in [4.69, 9.17) is 0 Å². The lowest BCUT2D eigenvalue weighted by molar-refractivity contribution is 0.0749. The minimum atomic E-state index is 0.0563. The van der Waals surface area contributed by atoms with Crippen molar-refractivity contribution in [2.75, 3.05) is 31.1 Å². The number of amides is 1. The first-order valence-electron chi connectivity index (χ1n) is 8.96. The summed E-state index contributed by atoms with van der Waals surface area (Å²) in [6, 6.07) is 9.99. The van der Waals surface area contributed by atoms with Gasteiger partial charge in [0.1, 0.15) is 12.0 Å². The minimum absolute atomic E-state index is 0.0563. The normalized spacial score (nSPS) is 14.8. The lowest BCUT2D eigenvalue weighted by Crippen LogP contribution is -2.48. The minimum Gasteiger partial charge on any atom is -0.368 e. The topological polar surface area (TPSA) is 78.0 Å². The first-order valence-corrected chi connectivity index (χ1v) is 8.96. The summed E-state index contributed by atoms with van der Waals surface area (Å²) in [5.74, 6) is 0.0563. The standard InChI is InChI=1S/C20H18N6O/c27-20(17-12-23-19-16(17)2-1-5-22-19)26-8-6-25(7-9-26)15-3-4-18-14(10-15)11-21-13-24-18/h1-5,10-13H,6-9H2,(H,22,23). The molecule has 1 saturated heterocycles. The molecule has 4 heterocycles. The highest BCUT2D eigenvalue weighted by molar-refractivity contribution is 6.05. The molecule has 1 amide bonds. The maximum atomic E-state index is 12.9. The highest BCUT2D eigenvalue weighted by Crippen LogP contribution is 2.23. The van der Waals surface area contributed by atoms with E-state index in [1.54, 1.807) is 18.7 Å². The molecular formula is C20H18N6O. The fourth-order valence-electron chi connectivity index (χ4n) is 3.64. The molecule has 0 spiro atoms. The van der Waals surface area contributed by atoms with Gasteiger partial charge in [-0.15, -0.1) is 0 Å². The Kier molecular flexibility index (Phi) is 3.71. The number of H-pyrrole nitrogens is 1. The molecule has 27 heavy (non-hydrogen) atoms. The molecule has 5 rings (SSSR count). The number of nitrogens with one attached hydrogen (secondary N) is 1. The van der Waals surface area contributed by atoms with Crippen molar-refractivity contribution in [2.24, 2.45) is 0 Å². The summed E-state index contributed by atoms with van der Waals surface area (Å²) >= 11 is 0. The Morgan fingerprint density at radius 3 is 2.85 bits per heavy atom. The predicted molar refractivity (Wildman–Crippen MR) is 104 cm³/mol. The molecule has 1 aromatic carbocycles. The Bertz CT molecular complexity index is 1130. The van der Waals surface area contributed by atoms with Crippen molar-refractivity contribution in [2.45, 2.75) is 0 Å². The number of hydrogen-bond donors (Lipinski definition) is 1. The average molecular weight is 358 g/mol. The molecule has 0 saturated carbocycles. The number of carbonyl (C=O) groups excluding carboxylic acids is 1. The summed E-state index contributed by atoms with van der Waals surface area (Å²) in [6.45, 7) is 2.97. The van der Waals surface area contributed by atoms with Crippen molar-refractivity contribution >= 4 is 33.5 Å². The van der Waals surface area contributed by atoms with Crippen molar-refractivity contribution in [1.29, 1.82) is 0 Å². The number of hydrogen-bond acceptors (Lipinski definition) is 5. The van der Waals surface area contributed by atoms with Gasteiger partial charge in [0.15, 0.2) is 0 Å². The first-order chi connectivity index (χ1) is 13.3. The quantitative estimate of drug-likeness (QED) is 0.596. The zero-order chi connectivity index (χ0) is 18.2. The highest BCUT2D eigenvalue weighted by Gasteiger charge is 2.24. The van der Waals surface area contributed by atoms with Gasteiger partial charge in [-0.05, 0) is 30.3 Å². The van der Waals surface area contributed by atoms with Crippen LogP contribution in [0.2, 0.25) is 0 Å². The average Bonchev–Trinajstić information content (AvgIpc) is 3.17. The molecule has 3 aromatic heterocycles. The number of anilines is 1. The van der Waals surface area contributed by atoms with E-state index in [-0.39, 0.29) is 5.91 Å². The van der Waals surface area contributed by atoms with E-state index < -0.39 is 0 Å². The van der Waals surface area contributed by atoms with Crippen LogP contribution in [0.15, 0.2) is 55.2 Å². The second kappa shape index (κ2) is 6.35. The van der Waals surface area contributed by atoms with Crippen LogP contribution in [0.5, 0.6) is 0 Å². The van der Waals surface area contributed by atoms with Gasteiger partial charge in [-0.1, -0.05) is 0 Å². The summed E-state index contributed by atoms with van der Waals surface area (Å²) in [4.78, 5) is 32.9. The van der Waals surface area contributed by atoms with Crippen LogP contribution in [0.25, 0.3) is 21.9 Å². The van der Waals surface area contributed by atoms with Gasteiger partial charge in [0, 0.05) is 61.2 Å². The van der Waals surface area contributed by atoms with E-state index >= 15 is 0 Å². The fourth-order valence-corrected chi connectivity index (χ4v) is 3.64. The zero-order valence-electron chi connectivity index (χ0n) is 14.7. The summed E-state index contributed by atoms with van der Waals surface area (Å²) in [5, 5.41) is 1.90. The smallest absolute Gasteiger partial charge is 0.256 e. The largest absolute Gasteiger partial charge is 0.368 e. The van der Waals surface area contributed by atoms with Gasteiger partial charge >= 0.3 is 0 Å². The molecule has 1 N–H and O–H groups in total. The molecular weight excluding hydrogens is 340 g/mol. The number of carbonyl (C=O) groups is 1. The summed E-state index contributed by atoms with van der Waals surface area (Å²) in [7, 11) is 0. The second-order valence-electron chi connectivity index (χ2n) is 6.65. The van der Waals surface area contributed by atoms with E-state index in [1.807, 2.05) is 29.3 Å². The number of fused-ring (bicyclic) bond motifs is 2. The van der Waals surface area contributed by atoms with Crippen molar-refractivity contribution in [3.8, 4) is 0 Å². The molecule has 0 bridgehead atoms. The van der Waals surface area contributed by atoms with Crippen LogP contribution in [0.3, 0.4) is 0 Å². The van der Waals surface area contributed by atoms with Crippen LogP contribution >= 0.6 is 0 Å². The molecule has 1 aliphatic rings. The monoisotopic (exact) mass is 358 g/mol. The molecule has 0 atom stereocenters. The molecule has 1 fully saturated rings. The number of aromatic amines is 1. The number of piperazine rings is 1. The van der Waals surface area contributed by atoms with Crippen LogP contribution < -0.4 is 4.90 Å². The van der Waals surface area contributed by atoms with Crippen molar-refractivity contribution in [3.05, 3.63) is 60.8 Å². The van der Waals surface area contributed by atoms with Crippen molar-refractivity contribution in [3.63, 3.8) is 0 Å². The van der Waals surface area contributed by atoms with Gasteiger partial charge in [0.05, 0.1) is 11.1 Å². The first kappa shape index (κ1) is 15.7. The fraction of sp³-hybridized carbons (Fsp3) is 0.200. The van der Waals surface area contributed by atoms with Gasteiger partial charge in [-0.25, -0.2) is 15.0 Å². The Labute approximate surface area is 155 Å². The molecule has 0 aliphatic carbocycles. The molecule has 4 aromatic rings. The van der Waals surface area contributed by atoms with Gasteiger partial charge < -0.3 is 14.8 Å². The van der Waals surface area contributed by atoms with E-state index in [0.29, 0.717) is 18.7 Å². The predicted octanol–water partition coefficient (Wildman–Crippen LogP) is 2.47. The van der Waals surface area contributed by atoms with Crippen LogP contribution in [0, 0.1) is 0 Å². The van der Waals surface area contributed by atoms with E-state index in [0.717, 1.165) is 40.7 Å². The maximum Gasteiger partial charge on any atom is 0.256 e. The molecule has 134 valence electrons. The second-order valence-corrected chi connectivity index (χ2v) is 6.65. The Morgan fingerprint density at radius 2 is 1.96 bits per heavy atom. The van der Waals surface area contributed by atoms with Gasteiger partial charge in [-0.3, -0.25) is 4.79 Å². The molecule has 0 unspecified atom stereocenters. The van der Waals surface area contributed by atoms with Gasteiger partial charge in [-0.2, -0.15) is 0 Å². The SMILES string of the molecule is O=C(c1c[nH]c2ncccc12)N1CCN(c2ccc3ncncc3c2)CC1. The maximum absolute atomic E-state index is 12.9. The van der Waals surface area contributed by atoms with Crippen LogP contribution in [-0.2, 0) is 0 Å². The van der Waals surface area contributed by atoms with E-state index in [1.165, 1.54) is 0 Å². The van der Waals surface area contributed by atoms with Crippen LogP contribution in [0.4, 0.5) is 5.69 Å². The van der Waals surface area contributed by atoms with Crippen molar-refractivity contribution in [1.82, 2.24) is 24.8 Å². The Balaban J connectivity index is 1.32. The lowest BCUT2D eigenvalue weighted by atomic mass is 10.1. The number of nitrogens with zero attached hydrogens (tertiary/aromatic N) is 5. The van der Waals surface area contributed by atoms with Crippen LogP contribution in [-0.4, -0.2) is 56.9 Å². The number of benzene rings is 1. The van der Waals surface area contributed by atoms with E-state index in [2.05, 4.69) is 37.0 Å². The molecule has 7 nitrogen and oxygen atoms in total. The third kappa shape index (κ3) is 2.77. The summed E-state index contributed by atoms with van der Waals surface area (Å²) < 4.78 is 0. The third-order valence-electron chi connectivity index (χ3n) is 5.10. The molecule has 1 aliphatic heterocycles. The van der Waals surface area contributed by atoms with Gasteiger partial charge in [0.25, 0.3) is 5.91 Å². The van der Waals surface area contributed by atoms with Crippen molar-refractivity contribution < 1.29 is 4.79 Å². The number of aromatic nitrogens is 4. The van der Waals surface area contributed by atoms with E-state index in [9.17, 15) is 4.79 Å². The Morgan fingerprint density at radius 1 is 1.07 bits per heavy atom. The number of rotatable bonds is 2. The summed E-state index contributed by atoms with van der Waals surface area (Å²) in [6.07, 6.45) is 6.87. The number of pyridine rings is 1. The Hall–Kier alpha value is -3.48. The summed E-state index contributed by atoms with van der Waals surface area (Å²) in [5.41, 5.74) is 3.52. The van der Waals surface area contributed by atoms with Gasteiger partial charge in [0.2, 0.25) is 0 Å². The third-order valence-corrected chi connectivity index (χ3v) is 5.10. The molecule has 0 radical (unpaired) electrons.